The Morgan fingerprint density at radius 2 is 2.00 bits per heavy atom. The highest BCUT2D eigenvalue weighted by Crippen LogP contribution is 2.35. The maximum absolute atomic E-state index is 10.0. The first kappa shape index (κ1) is 10.4. The minimum Gasteiger partial charge on any atom is -0.303 e. The Balaban J connectivity index is 3.13. The standard InChI is InChI=1S/C4H10ClO4P/c5-3-1-2-4-9-10(6,7)8/h1-4H2,(H2,6,7,8). The molecule has 0 spiro atoms. The molecule has 6 heteroatoms. The quantitative estimate of drug-likeness (QED) is 0.385. The van der Waals surface area contributed by atoms with Gasteiger partial charge in [-0.3, -0.25) is 4.52 Å². The molecule has 0 rings (SSSR count). The van der Waals surface area contributed by atoms with Gasteiger partial charge in [0, 0.05) is 5.88 Å². The molecule has 0 unspecified atom stereocenters. The van der Waals surface area contributed by atoms with Crippen LogP contribution in [0.4, 0.5) is 0 Å². The van der Waals surface area contributed by atoms with E-state index in [0.717, 1.165) is 0 Å². The predicted molar refractivity (Wildman–Crippen MR) is 38.0 cm³/mol. The van der Waals surface area contributed by atoms with E-state index in [1.165, 1.54) is 0 Å². The molecule has 0 fully saturated rings. The van der Waals surface area contributed by atoms with Crippen LogP contribution >= 0.6 is 19.4 Å². The van der Waals surface area contributed by atoms with E-state index in [0.29, 0.717) is 18.7 Å². The third-order valence-electron chi connectivity index (χ3n) is 0.787. The van der Waals surface area contributed by atoms with Gasteiger partial charge >= 0.3 is 7.82 Å². The van der Waals surface area contributed by atoms with Crippen molar-refractivity contribution in [2.75, 3.05) is 12.5 Å². The van der Waals surface area contributed by atoms with Crippen molar-refractivity contribution >= 4 is 19.4 Å². The summed E-state index contributed by atoms with van der Waals surface area (Å²) in [7, 11) is -4.25. The summed E-state index contributed by atoms with van der Waals surface area (Å²) < 4.78 is 14.2. The van der Waals surface area contributed by atoms with E-state index >= 15 is 0 Å². The van der Waals surface area contributed by atoms with Gasteiger partial charge in [-0.15, -0.1) is 11.6 Å². The molecule has 2 N–H and O–H groups in total. The van der Waals surface area contributed by atoms with Crippen molar-refractivity contribution in [3.05, 3.63) is 0 Å². The summed E-state index contributed by atoms with van der Waals surface area (Å²) >= 11 is 5.30. The zero-order valence-corrected chi connectivity index (χ0v) is 7.01. The van der Waals surface area contributed by atoms with E-state index in [2.05, 4.69) is 4.52 Å². The van der Waals surface area contributed by atoms with Crippen molar-refractivity contribution in [2.45, 2.75) is 12.8 Å². The van der Waals surface area contributed by atoms with E-state index < -0.39 is 7.82 Å². The topological polar surface area (TPSA) is 66.8 Å². The fraction of sp³-hybridized carbons (Fsp3) is 1.00. The zero-order valence-electron chi connectivity index (χ0n) is 5.36. The van der Waals surface area contributed by atoms with Crippen molar-refractivity contribution in [3.63, 3.8) is 0 Å². The Hall–Kier alpha value is 0.400. The Morgan fingerprint density at radius 3 is 2.40 bits per heavy atom. The number of halogens is 1. The van der Waals surface area contributed by atoms with Crippen LogP contribution in [0.2, 0.25) is 0 Å². The summed E-state index contributed by atoms with van der Waals surface area (Å²) in [5.41, 5.74) is 0. The zero-order chi connectivity index (χ0) is 8.04. The van der Waals surface area contributed by atoms with Crippen molar-refractivity contribution in [1.82, 2.24) is 0 Å². The van der Waals surface area contributed by atoms with Crippen LogP contribution in [0.5, 0.6) is 0 Å². The minimum absolute atomic E-state index is 0.0665. The number of phosphoric ester groups is 1. The maximum atomic E-state index is 10.0. The summed E-state index contributed by atoms with van der Waals surface area (Å²) in [4.78, 5) is 16.3. The third kappa shape index (κ3) is 8.40. The summed E-state index contributed by atoms with van der Waals surface area (Å²) in [5.74, 6) is 0.491. The second-order valence-electron chi connectivity index (χ2n) is 1.72. The molecule has 62 valence electrons. The van der Waals surface area contributed by atoms with Crippen LogP contribution < -0.4 is 0 Å². The highest BCUT2D eigenvalue weighted by Gasteiger charge is 2.11. The summed E-state index contributed by atoms with van der Waals surface area (Å²) in [6.07, 6.45) is 1.29. The van der Waals surface area contributed by atoms with E-state index in [1.807, 2.05) is 0 Å². The molecule has 0 saturated heterocycles. The van der Waals surface area contributed by atoms with Crippen LogP contribution in [0.25, 0.3) is 0 Å². The number of hydrogen-bond acceptors (Lipinski definition) is 2. The molecule has 0 atom stereocenters. The Kier molecular flexibility index (Phi) is 5.31. The van der Waals surface area contributed by atoms with Crippen LogP contribution in [0.1, 0.15) is 12.8 Å². The summed E-state index contributed by atoms with van der Waals surface area (Å²) in [6.45, 7) is 0.0665. The number of unbranched alkanes of at least 4 members (excludes halogenated alkanes) is 1. The van der Waals surface area contributed by atoms with Gasteiger partial charge in [0.2, 0.25) is 0 Å². The molecule has 4 nitrogen and oxygen atoms in total. The van der Waals surface area contributed by atoms with Gasteiger partial charge in [-0.05, 0) is 12.8 Å². The van der Waals surface area contributed by atoms with Gasteiger partial charge in [-0.25, -0.2) is 4.57 Å². The molecule has 0 bridgehead atoms. The lowest BCUT2D eigenvalue weighted by Crippen LogP contribution is -1.92. The molecule has 0 aliphatic rings. The molecule has 0 heterocycles. The summed E-state index contributed by atoms with van der Waals surface area (Å²) in [6, 6.07) is 0. The smallest absolute Gasteiger partial charge is 0.303 e. The fourth-order valence-corrected chi connectivity index (χ4v) is 0.936. The average molecular weight is 189 g/mol. The van der Waals surface area contributed by atoms with E-state index in [9.17, 15) is 4.57 Å². The molecule has 0 aliphatic heterocycles. The molecule has 0 aliphatic carbocycles. The first-order valence-electron chi connectivity index (χ1n) is 2.82. The van der Waals surface area contributed by atoms with Gasteiger partial charge < -0.3 is 9.79 Å². The SMILES string of the molecule is O=P(O)(O)OCCCCCl. The van der Waals surface area contributed by atoms with Gasteiger partial charge in [0.05, 0.1) is 6.61 Å². The molecule has 0 radical (unpaired) electrons. The Bertz CT molecular complexity index is 122. The van der Waals surface area contributed by atoms with Gasteiger partial charge in [0.15, 0.2) is 0 Å². The highest BCUT2D eigenvalue weighted by atomic mass is 35.5. The first-order chi connectivity index (χ1) is 4.56. The molecule has 0 saturated carbocycles. The second-order valence-corrected chi connectivity index (χ2v) is 3.34. The number of alkyl halides is 1. The average Bonchev–Trinajstić information content (AvgIpc) is 1.78. The molecular formula is C4H10ClO4P. The first-order valence-corrected chi connectivity index (χ1v) is 4.89. The predicted octanol–water partition coefficient (Wildman–Crippen LogP) is 1.11. The van der Waals surface area contributed by atoms with Crippen molar-refractivity contribution in [1.29, 1.82) is 0 Å². The van der Waals surface area contributed by atoms with Crippen molar-refractivity contribution in [3.8, 4) is 0 Å². The van der Waals surface area contributed by atoms with Gasteiger partial charge in [0.1, 0.15) is 0 Å². The molecule has 0 aromatic rings. The number of hydrogen-bond donors (Lipinski definition) is 2. The fourth-order valence-electron chi connectivity index (χ4n) is 0.380. The molecule has 10 heavy (non-hydrogen) atoms. The van der Waals surface area contributed by atoms with Gasteiger partial charge in [-0.2, -0.15) is 0 Å². The van der Waals surface area contributed by atoms with E-state index in [4.69, 9.17) is 21.4 Å². The van der Waals surface area contributed by atoms with Gasteiger partial charge in [-0.1, -0.05) is 0 Å². The van der Waals surface area contributed by atoms with Crippen LogP contribution in [0, 0.1) is 0 Å². The van der Waals surface area contributed by atoms with Crippen molar-refractivity contribution in [2.24, 2.45) is 0 Å². The van der Waals surface area contributed by atoms with Gasteiger partial charge in [0.25, 0.3) is 0 Å². The maximum Gasteiger partial charge on any atom is 0.469 e. The third-order valence-corrected chi connectivity index (χ3v) is 1.57. The van der Waals surface area contributed by atoms with Crippen LogP contribution in [0.3, 0.4) is 0 Å². The lowest BCUT2D eigenvalue weighted by molar-refractivity contribution is 0.194. The van der Waals surface area contributed by atoms with E-state index in [-0.39, 0.29) is 6.61 Å². The second kappa shape index (κ2) is 5.10. The largest absolute Gasteiger partial charge is 0.469 e. The molecule has 0 aromatic carbocycles. The highest BCUT2D eigenvalue weighted by molar-refractivity contribution is 7.46. The molecule has 0 aromatic heterocycles. The van der Waals surface area contributed by atoms with Crippen LogP contribution in [0.15, 0.2) is 0 Å². The molecule has 0 amide bonds. The van der Waals surface area contributed by atoms with Crippen molar-refractivity contribution < 1.29 is 18.9 Å². The number of rotatable bonds is 5. The lowest BCUT2D eigenvalue weighted by atomic mass is 10.4. The normalized spacial score (nSPS) is 11.9. The molecular weight excluding hydrogens is 178 g/mol. The monoisotopic (exact) mass is 188 g/mol. The Labute approximate surface area is 64.4 Å². The summed E-state index contributed by atoms with van der Waals surface area (Å²) in [5, 5.41) is 0. The van der Waals surface area contributed by atoms with Crippen LogP contribution in [-0.2, 0) is 9.09 Å². The Morgan fingerprint density at radius 1 is 1.40 bits per heavy atom. The number of phosphoric acid groups is 1. The minimum atomic E-state index is -4.25. The van der Waals surface area contributed by atoms with E-state index in [1.54, 1.807) is 0 Å². The van der Waals surface area contributed by atoms with Crippen LogP contribution in [-0.4, -0.2) is 22.3 Å². The lowest BCUT2D eigenvalue weighted by Gasteiger charge is -2.02.